The van der Waals surface area contributed by atoms with Crippen molar-refractivity contribution >= 4 is 50.8 Å². The van der Waals surface area contributed by atoms with E-state index in [1.165, 1.54) is 11.5 Å². The van der Waals surface area contributed by atoms with Crippen LogP contribution in [-0.2, 0) is 0 Å². The van der Waals surface area contributed by atoms with Gasteiger partial charge in [-0.3, -0.25) is 5.32 Å². The number of carbonyl (C=O) groups excluding carboxylic acids is 1. The van der Waals surface area contributed by atoms with Crippen molar-refractivity contribution in [3.05, 3.63) is 53.6 Å². The third-order valence-electron chi connectivity index (χ3n) is 2.69. The van der Waals surface area contributed by atoms with Gasteiger partial charge in [-0.15, -0.1) is 0 Å². The number of fused-ring (bicyclic) bond motifs is 1. The van der Waals surface area contributed by atoms with E-state index in [1.807, 2.05) is 24.3 Å². The van der Waals surface area contributed by atoms with Crippen LogP contribution in [0.5, 0.6) is 0 Å². The highest BCUT2D eigenvalue weighted by atomic mass is 35.5. The van der Waals surface area contributed by atoms with Gasteiger partial charge in [0.05, 0.1) is 4.70 Å². The third kappa shape index (κ3) is 2.74. The Hall–Kier alpha value is -2.11. The average Bonchev–Trinajstić information content (AvgIpc) is 2.82. The van der Waals surface area contributed by atoms with Crippen molar-refractivity contribution in [3.63, 3.8) is 0 Å². The summed E-state index contributed by atoms with van der Waals surface area (Å²) in [7, 11) is 0. The summed E-state index contributed by atoms with van der Waals surface area (Å²) in [6, 6.07) is 14.4. The number of carbonyl (C=O) groups is 1. The maximum Gasteiger partial charge on any atom is 0.324 e. The van der Waals surface area contributed by atoms with Gasteiger partial charge in [0.25, 0.3) is 0 Å². The van der Waals surface area contributed by atoms with Crippen LogP contribution in [0.25, 0.3) is 10.1 Å². The van der Waals surface area contributed by atoms with Gasteiger partial charge >= 0.3 is 6.03 Å². The lowest BCUT2D eigenvalue weighted by Gasteiger charge is -2.06. The largest absolute Gasteiger partial charge is 0.324 e. The van der Waals surface area contributed by atoms with E-state index < -0.39 is 0 Å². The maximum absolute atomic E-state index is 11.9. The molecule has 1 heterocycles. The van der Waals surface area contributed by atoms with Gasteiger partial charge in [0.15, 0.2) is 5.82 Å². The van der Waals surface area contributed by atoms with Crippen molar-refractivity contribution in [2.45, 2.75) is 0 Å². The number of rotatable bonds is 2. The second-order valence-electron chi connectivity index (χ2n) is 4.12. The van der Waals surface area contributed by atoms with E-state index in [2.05, 4.69) is 15.0 Å². The summed E-state index contributed by atoms with van der Waals surface area (Å²) < 4.78 is 5.27. The summed E-state index contributed by atoms with van der Waals surface area (Å²) >= 11 is 7.22. The first kappa shape index (κ1) is 12.9. The summed E-state index contributed by atoms with van der Waals surface area (Å²) in [4.78, 5) is 11.9. The summed E-state index contributed by atoms with van der Waals surface area (Å²) in [6.45, 7) is 0. The van der Waals surface area contributed by atoms with E-state index in [9.17, 15) is 4.79 Å². The summed E-state index contributed by atoms with van der Waals surface area (Å²) in [5, 5.41) is 6.96. The number of hydrogen-bond donors (Lipinski definition) is 2. The lowest BCUT2D eigenvalue weighted by Crippen LogP contribution is -2.19. The minimum absolute atomic E-state index is 0.344. The van der Waals surface area contributed by atoms with E-state index in [-0.39, 0.29) is 6.03 Å². The monoisotopic (exact) mass is 303 g/mol. The fourth-order valence-electron chi connectivity index (χ4n) is 1.81. The maximum atomic E-state index is 11.9. The SMILES string of the molecule is O=C(Nc1cccc(Cl)c1)Nc1nsc2ccccc12. The highest BCUT2D eigenvalue weighted by Gasteiger charge is 2.09. The molecular weight excluding hydrogens is 294 g/mol. The molecule has 0 saturated heterocycles. The molecule has 2 aromatic carbocycles. The fourth-order valence-corrected chi connectivity index (χ4v) is 2.74. The lowest BCUT2D eigenvalue weighted by atomic mass is 10.2. The molecule has 0 atom stereocenters. The zero-order valence-electron chi connectivity index (χ0n) is 10.3. The van der Waals surface area contributed by atoms with Crippen LogP contribution in [0.1, 0.15) is 0 Å². The summed E-state index contributed by atoms with van der Waals surface area (Å²) in [5.74, 6) is 0.560. The number of benzene rings is 2. The zero-order valence-corrected chi connectivity index (χ0v) is 11.8. The van der Waals surface area contributed by atoms with Crippen LogP contribution < -0.4 is 10.6 Å². The molecular formula is C14H10ClN3OS. The minimum atomic E-state index is -0.344. The first-order valence-electron chi connectivity index (χ1n) is 5.90. The predicted molar refractivity (Wildman–Crippen MR) is 83.7 cm³/mol. The zero-order chi connectivity index (χ0) is 13.9. The van der Waals surface area contributed by atoms with Crippen LogP contribution >= 0.6 is 23.1 Å². The molecule has 4 nitrogen and oxygen atoms in total. The second-order valence-corrected chi connectivity index (χ2v) is 5.36. The van der Waals surface area contributed by atoms with Gasteiger partial charge in [-0.05, 0) is 41.9 Å². The molecule has 3 rings (SSSR count). The summed E-state index contributed by atoms with van der Waals surface area (Å²) in [5.41, 5.74) is 0.634. The van der Waals surface area contributed by atoms with Crippen LogP contribution in [0, 0.1) is 0 Å². The molecule has 0 unspecified atom stereocenters. The smallest absolute Gasteiger partial charge is 0.308 e. The van der Waals surface area contributed by atoms with Crippen molar-refractivity contribution in [3.8, 4) is 0 Å². The number of urea groups is 1. The Morgan fingerprint density at radius 1 is 1.10 bits per heavy atom. The standard InChI is InChI=1S/C14H10ClN3OS/c15-9-4-3-5-10(8-9)16-14(19)17-13-11-6-1-2-7-12(11)20-18-13/h1-8H,(H2,16,17,18,19). The van der Waals surface area contributed by atoms with Gasteiger partial charge in [0.1, 0.15) is 0 Å². The molecule has 0 spiro atoms. The molecule has 2 amide bonds. The topological polar surface area (TPSA) is 54.0 Å². The molecule has 20 heavy (non-hydrogen) atoms. The quantitative estimate of drug-likeness (QED) is 0.727. The molecule has 0 aliphatic carbocycles. The lowest BCUT2D eigenvalue weighted by molar-refractivity contribution is 0.262. The number of aromatic nitrogens is 1. The second kappa shape index (κ2) is 5.48. The van der Waals surface area contributed by atoms with Crippen LogP contribution in [0.15, 0.2) is 48.5 Å². The molecule has 1 aromatic heterocycles. The van der Waals surface area contributed by atoms with Gasteiger partial charge in [-0.2, -0.15) is 4.37 Å². The van der Waals surface area contributed by atoms with Gasteiger partial charge in [0.2, 0.25) is 0 Å². The van der Waals surface area contributed by atoms with E-state index in [4.69, 9.17) is 11.6 Å². The summed E-state index contributed by atoms with van der Waals surface area (Å²) in [6.07, 6.45) is 0. The first-order valence-corrected chi connectivity index (χ1v) is 7.05. The Morgan fingerprint density at radius 2 is 1.95 bits per heavy atom. The molecule has 0 fully saturated rings. The highest BCUT2D eigenvalue weighted by Crippen LogP contribution is 2.26. The molecule has 6 heteroatoms. The van der Waals surface area contributed by atoms with Crippen molar-refractivity contribution in [1.82, 2.24) is 4.37 Å². The fraction of sp³-hybridized carbons (Fsp3) is 0. The Balaban J connectivity index is 1.76. The van der Waals surface area contributed by atoms with E-state index in [0.717, 1.165) is 10.1 Å². The molecule has 0 bridgehead atoms. The van der Waals surface area contributed by atoms with Crippen LogP contribution in [0.4, 0.5) is 16.3 Å². The van der Waals surface area contributed by atoms with E-state index in [1.54, 1.807) is 24.3 Å². The van der Waals surface area contributed by atoms with Crippen LogP contribution in [-0.4, -0.2) is 10.4 Å². The predicted octanol–water partition coefficient (Wildman–Crippen LogP) is 4.59. The molecule has 0 aliphatic heterocycles. The van der Waals surface area contributed by atoms with Crippen molar-refractivity contribution in [1.29, 1.82) is 0 Å². The van der Waals surface area contributed by atoms with E-state index >= 15 is 0 Å². The number of halogens is 1. The average molecular weight is 304 g/mol. The van der Waals surface area contributed by atoms with Crippen LogP contribution in [0.3, 0.4) is 0 Å². The Labute approximate surface area is 124 Å². The molecule has 3 aromatic rings. The Bertz CT molecular complexity index is 772. The molecule has 100 valence electrons. The molecule has 2 N–H and O–H groups in total. The molecule has 0 aliphatic rings. The number of hydrogen-bond acceptors (Lipinski definition) is 3. The van der Waals surface area contributed by atoms with Crippen LogP contribution in [0.2, 0.25) is 5.02 Å². The van der Waals surface area contributed by atoms with E-state index in [0.29, 0.717) is 16.5 Å². The third-order valence-corrected chi connectivity index (χ3v) is 3.75. The molecule has 0 saturated carbocycles. The number of nitrogens with one attached hydrogen (secondary N) is 2. The Morgan fingerprint density at radius 3 is 2.80 bits per heavy atom. The molecule has 0 radical (unpaired) electrons. The van der Waals surface area contributed by atoms with Crippen molar-refractivity contribution < 1.29 is 4.79 Å². The van der Waals surface area contributed by atoms with Crippen molar-refractivity contribution in [2.24, 2.45) is 0 Å². The normalized spacial score (nSPS) is 10.4. The number of anilines is 2. The first-order chi connectivity index (χ1) is 9.72. The van der Waals surface area contributed by atoms with Gasteiger partial charge in [-0.1, -0.05) is 29.8 Å². The highest BCUT2D eigenvalue weighted by molar-refractivity contribution is 7.13. The number of nitrogens with zero attached hydrogens (tertiary/aromatic N) is 1. The minimum Gasteiger partial charge on any atom is -0.308 e. The van der Waals surface area contributed by atoms with Gasteiger partial charge < -0.3 is 5.32 Å². The Kier molecular flexibility index (Phi) is 3.54. The van der Waals surface area contributed by atoms with Gasteiger partial charge in [0, 0.05) is 16.1 Å². The van der Waals surface area contributed by atoms with Crippen molar-refractivity contribution in [2.75, 3.05) is 10.6 Å². The number of amides is 2. The van der Waals surface area contributed by atoms with Gasteiger partial charge in [-0.25, -0.2) is 4.79 Å².